The molecular weight excluding hydrogens is 278 g/mol. The van der Waals surface area contributed by atoms with Gasteiger partial charge in [0.25, 0.3) is 0 Å². The molecule has 2 aromatic rings. The largest absolute Gasteiger partial charge is 0.496 e. The Balaban J connectivity index is 2.25. The fourth-order valence-corrected chi connectivity index (χ4v) is 3.57. The maximum Gasteiger partial charge on any atom is 0.124 e. The molecule has 0 radical (unpaired) electrons. The molecule has 21 heavy (non-hydrogen) atoms. The fourth-order valence-electron chi connectivity index (χ4n) is 2.33. The second-order valence-corrected chi connectivity index (χ2v) is 6.11. The van der Waals surface area contributed by atoms with Gasteiger partial charge in [0.15, 0.2) is 0 Å². The molecule has 2 rings (SSSR count). The van der Waals surface area contributed by atoms with E-state index >= 15 is 0 Å². The lowest BCUT2D eigenvalue weighted by atomic mass is 10.1. The molecule has 0 bridgehead atoms. The second kappa shape index (κ2) is 7.53. The summed E-state index contributed by atoms with van der Waals surface area (Å²) in [4.78, 5) is 1.28. The molecule has 1 atom stereocenters. The van der Waals surface area contributed by atoms with Crippen LogP contribution in [0.2, 0.25) is 0 Å². The molecule has 0 saturated heterocycles. The van der Waals surface area contributed by atoms with E-state index in [-0.39, 0.29) is 6.04 Å². The summed E-state index contributed by atoms with van der Waals surface area (Å²) in [6, 6.07) is 15.1. The molecule has 2 aromatic carbocycles. The van der Waals surface area contributed by atoms with E-state index in [0.29, 0.717) is 0 Å². The van der Waals surface area contributed by atoms with E-state index in [2.05, 4.69) is 55.6 Å². The normalized spacial score (nSPS) is 12.2. The molecule has 1 N–H and O–H groups in total. The number of rotatable bonds is 6. The van der Waals surface area contributed by atoms with Gasteiger partial charge in [-0.25, -0.2) is 0 Å². The third-order valence-electron chi connectivity index (χ3n) is 3.76. The third kappa shape index (κ3) is 3.80. The van der Waals surface area contributed by atoms with Crippen LogP contribution in [-0.4, -0.2) is 14.2 Å². The molecule has 2 nitrogen and oxygen atoms in total. The predicted octanol–water partition coefficient (Wildman–Crippen LogP) is 4.58. The minimum absolute atomic E-state index is 0.264. The summed E-state index contributed by atoms with van der Waals surface area (Å²) in [5.74, 6) is 1.93. The molecule has 112 valence electrons. The number of nitrogens with one attached hydrogen (secondary N) is 1. The third-order valence-corrected chi connectivity index (χ3v) is 4.88. The van der Waals surface area contributed by atoms with Crippen molar-refractivity contribution in [2.24, 2.45) is 0 Å². The van der Waals surface area contributed by atoms with E-state index in [1.54, 1.807) is 7.11 Å². The van der Waals surface area contributed by atoms with E-state index in [0.717, 1.165) is 11.5 Å². The number of ether oxygens (including phenoxy) is 1. The summed E-state index contributed by atoms with van der Waals surface area (Å²) in [7, 11) is 3.71. The van der Waals surface area contributed by atoms with Crippen molar-refractivity contribution in [3.8, 4) is 5.75 Å². The summed E-state index contributed by atoms with van der Waals surface area (Å²) in [5.41, 5.74) is 3.96. The summed E-state index contributed by atoms with van der Waals surface area (Å²) in [6.07, 6.45) is 0. The maximum atomic E-state index is 5.53. The van der Waals surface area contributed by atoms with Crippen molar-refractivity contribution in [3.05, 3.63) is 59.2 Å². The van der Waals surface area contributed by atoms with Crippen LogP contribution in [0.3, 0.4) is 0 Å². The van der Waals surface area contributed by atoms with E-state index < -0.39 is 0 Å². The highest BCUT2D eigenvalue weighted by Crippen LogP contribution is 2.36. The van der Waals surface area contributed by atoms with Gasteiger partial charge in [-0.05, 0) is 44.2 Å². The zero-order valence-electron chi connectivity index (χ0n) is 13.1. The Morgan fingerprint density at radius 3 is 2.57 bits per heavy atom. The lowest BCUT2D eigenvalue weighted by Gasteiger charge is -2.19. The lowest BCUT2D eigenvalue weighted by Crippen LogP contribution is -2.14. The number of aryl methyl sites for hydroxylation is 1. The molecule has 0 spiro atoms. The molecule has 0 saturated carbocycles. The average Bonchev–Trinajstić information content (AvgIpc) is 2.53. The van der Waals surface area contributed by atoms with Gasteiger partial charge in [-0.1, -0.05) is 30.3 Å². The van der Waals surface area contributed by atoms with Crippen LogP contribution in [0, 0.1) is 6.92 Å². The highest BCUT2D eigenvalue weighted by atomic mass is 32.2. The minimum Gasteiger partial charge on any atom is -0.496 e. The highest BCUT2D eigenvalue weighted by Gasteiger charge is 2.15. The van der Waals surface area contributed by atoms with E-state index in [4.69, 9.17) is 4.74 Å². The van der Waals surface area contributed by atoms with Crippen molar-refractivity contribution in [2.75, 3.05) is 14.2 Å². The molecule has 0 aromatic heterocycles. The Hall–Kier alpha value is -1.45. The van der Waals surface area contributed by atoms with Gasteiger partial charge >= 0.3 is 0 Å². The molecule has 0 heterocycles. The number of thioether (sulfide) groups is 1. The van der Waals surface area contributed by atoms with Crippen molar-refractivity contribution in [1.82, 2.24) is 5.32 Å². The van der Waals surface area contributed by atoms with Crippen LogP contribution in [-0.2, 0) is 5.75 Å². The van der Waals surface area contributed by atoms with Crippen LogP contribution in [0.4, 0.5) is 0 Å². The molecule has 0 aliphatic rings. The number of hydrogen-bond acceptors (Lipinski definition) is 3. The first-order valence-corrected chi connectivity index (χ1v) is 8.17. The Bertz CT molecular complexity index is 598. The van der Waals surface area contributed by atoms with Crippen LogP contribution in [0.25, 0.3) is 0 Å². The van der Waals surface area contributed by atoms with Crippen LogP contribution < -0.4 is 10.1 Å². The van der Waals surface area contributed by atoms with Crippen molar-refractivity contribution in [2.45, 2.75) is 30.5 Å². The molecule has 0 amide bonds. The van der Waals surface area contributed by atoms with Crippen LogP contribution >= 0.6 is 11.8 Å². The van der Waals surface area contributed by atoms with Gasteiger partial charge in [0.05, 0.1) is 7.11 Å². The number of benzene rings is 2. The summed E-state index contributed by atoms with van der Waals surface area (Å²) >= 11 is 1.87. The fraction of sp³-hybridized carbons (Fsp3) is 0.333. The molecule has 0 fully saturated rings. The molecular formula is C18H23NOS. The van der Waals surface area contributed by atoms with Gasteiger partial charge in [0.2, 0.25) is 0 Å². The first-order chi connectivity index (χ1) is 10.2. The molecule has 0 aliphatic heterocycles. The zero-order chi connectivity index (χ0) is 15.2. The molecule has 1 unspecified atom stereocenters. The standard InChI is InChI=1S/C18H23NOS/c1-13-8-5-6-9-15(13)12-21-17-11-7-10-16(20-4)18(17)14(2)19-3/h5-11,14,19H,12H2,1-4H3. The van der Waals surface area contributed by atoms with Crippen LogP contribution in [0.1, 0.15) is 29.7 Å². The number of methoxy groups -OCH3 is 1. The number of hydrogen-bond donors (Lipinski definition) is 1. The summed E-state index contributed by atoms with van der Waals surface area (Å²) < 4.78 is 5.53. The second-order valence-electron chi connectivity index (χ2n) is 5.10. The average molecular weight is 301 g/mol. The van der Waals surface area contributed by atoms with Gasteiger partial charge in [-0.2, -0.15) is 0 Å². The predicted molar refractivity (Wildman–Crippen MR) is 91.2 cm³/mol. The smallest absolute Gasteiger partial charge is 0.124 e. The van der Waals surface area contributed by atoms with Gasteiger partial charge in [0, 0.05) is 22.3 Å². The summed E-state index contributed by atoms with van der Waals surface area (Å²) in [6.45, 7) is 4.33. The van der Waals surface area contributed by atoms with Crippen molar-refractivity contribution in [1.29, 1.82) is 0 Å². The lowest BCUT2D eigenvalue weighted by molar-refractivity contribution is 0.401. The van der Waals surface area contributed by atoms with Crippen molar-refractivity contribution >= 4 is 11.8 Å². The van der Waals surface area contributed by atoms with Gasteiger partial charge < -0.3 is 10.1 Å². The minimum atomic E-state index is 0.264. The molecule has 0 aliphatic carbocycles. The summed E-state index contributed by atoms with van der Waals surface area (Å²) in [5, 5.41) is 3.31. The zero-order valence-corrected chi connectivity index (χ0v) is 14.0. The van der Waals surface area contributed by atoms with Gasteiger partial charge in [-0.3, -0.25) is 0 Å². The topological polar surface area (TPSA) is 21.3 Å². The van der Waals surface area contributed by atoms with E-state index in [1.807, 2.05) is 24.9 Å². The molecule has 3 heteroatoms. The van der Waals surface area contributed by atoms with Crippen LogP contribution in [0.15, 0.2) is 47.4 Å². The van der Waals surface area contributed by atoms with Crippen molar-refractivity contribution in [3.63, 3.8) is 0 Å². The highest BCUT2D eigenvalue weighted by molar-refractivity contribution is 7.98. The van der Waals surface area contributed by atoms with Gasteiger partial charge in [0.1, 0.15) is 5.75 Å². The van der Waals surface area contributed by atoms with E-state index in [9.17, 15) is 0 Å². The van der Waals surface area contributed by atoms with E-state index in [1.165, 1.54) is 21.6 Å². The quantitative estimate of drug-likeness (QED) is 0.789. The monoisotopic (exact) mass is 301 g/mol. The van der Waals surface area contributed by atoms with Gasteiger partial charge in [-0.15, -0.1) is 11.8 Å². The maximum absolute atomic E-state index is 5.53. The SMILES string of the molecule is CNC(C)c1c(OC)cccc1SCc1ccccc1C. The first kappa shape index (κ1) is 15.9. The Morgan fingerprint density at radius 2 is 1.90 bits per heavy atom. The Labute approximate surface area is 131 Å². The Morgan fingerprint density at radius 1 is 1.14 bits per heavy atom. The van der Waals surface area contributed by atoms with Crippen LogP contribution in [0.5, 0.6) is 5.75 Å². The van der Waals surface area contributed by atoms with Crippen molar-refractivity contribution < 1.29 is 4.74 Å². The first-order valence-electron chi connectivity index (χ1n) is 7.18. The Kier molecular flexibility index (Phi) is 5.71.